The monoisotopic (exact) mass is 853 g/mol. The number of hydrogen-bond acceptors (Lipinski definition) is 11. The summed E-state index contributed by atoms with van der Waals surface area (Å²) in [7, 11) is 1.23. The predicted molar refractivity (Wildman–Crippen MR) is 235 cm³/mol. The van der Waals surface area contributed by atoms with E-state index in [1.807, 2.05) is 133 Å². The van der Waals surface area contributed by atoms with Crippen LogP contribution in [0.2, 0.25) is 0 Å². The van der Waals surface area contributed by atoms with E-state index in [1.165, 1.54) is 7.11 Å². The van der Waals surface area contributed by atoms with Crippen molar-refractivity contribution in [2.75, 3.05) is 19.5 Å². The van der Waals surface area contributed by atoms with E-state index < -0.39 is 54.2 Å². The van der Waals surface area contributed by atoms with Crippen molar-refractivity contribution >= 4 is 28.9 Å². The number of carbonyl (C=O) groups is 3. The van der Waals surface area contributed by atoms with Crippen molar-refractivity contribution in [1.82, 2.24) is 5.32 Å². The van der Waals surface area contributed by atoms with Crippen LogP contribution in [0.3, 0.4) is 0 Å². The van der Waals surface area contributed by atoms with Gasteiger partial charge >= 0.3 is 12.1 Å². The Morgan fingerprint density at radius 3 is 1.64 bits per heavy atom. The zero-order valence-corrected chi connectivity index (χ0v) is 36.3. The maximum Gasteiger partial charge on any atom is 0.408 e. The van der Waals surface area contributed by atoms with Gasteiger partial charge in [-0.25, -0.2) is 9.59 Å². The molecule has 0 aliphatic carbocycles. The van der Waals surface area contributed by atoms with Gasteiger partial charge in [-0.1, -0.05) is 145 Å². The highest BCUT2D eigenvalue weighted by Crippen LogP contribution is 2.33. The highest BCUT2D eigenvalue weighted by Gasteiger charge is 2.48. The summed E-state index contributed by atoms with van der Waals surface area (Å²) >= 11 is 0.960. The Labute approximate surface area is 364 Å². The number of carbonyl (C=O) groups excluding carboxylic acids is 3. The molecule has 5 rings (SSSR count). The second kappa shape index (κ2) is 25.2. The van der Waals surface area contributed by atoms with Crippen LogP contribution in [0.1, 0.15) is 62.3 Å². The van der Waals surface area contributed by atoms with E-state index in [1.54, 1.807) is 20.8 Å². The lowest BCUT2D eigenvalue weighted by Gasteiger charge is -2.46. The molecule has 326 valence electrons. The second-order valence-electron chi connectivity index (χ2n) is 15.6. The van der Waals surface area contributed by atoms with E-state index in [-0.39, 0.29) is 23.9 Å². The topological polar surface area (TPSA) is 128 Å². The molecule has 0 saturated carbocycles. The molecule has 0 radical (unpaired) electrons. The van der Waals surface area contributed by atoms with E-state index in [4.69, 9.17) is 33.2 Å². The molecule has 1 heterocycles. The van der Waals surface area contributed by atoms with Gasteiger partial charge in [0.2, 0.25) is 0 Å². The fourth-order valence-corrected chi connectivity index (χ4v) is 7.47. The third-order valence-electron chi connectivity index (χ3n) is 9.62. The van der Waals surface area contributed by atoms with E-state index in [0.717, 1.165) is 34.0 Å². The maximum atomic E-state index is 12.9. The molecular weight excluding hydrogens is 795 g/mol. The van der Waals surface area contributed by atoms with Crippen molar-refractivity contribution in [2.24, 2.45) is 0 Å². The van der Waals surface area contributed by atoms with Crippen molar-refractivity contribution in [3.05, 3.63) is 156 Å². The molecule has 0 bridgehead atoms. The van der Waals surface area contributed by atoms with E-state index in [2.05, 4.69) is 5.32 Å². The van der Waals surface area contributed by atoms with Crippen molar-refractivity contribution < 1.29 is 47.5 Å². The van der Waals surface area contributed by atoms with E-state index in [0.29, 0.717) is 39.3 Å². The third kappa shape index (κ3) is 16.9. The van der Waals surface area contributed by atoms with Crippen molar-refractivity contribution in [3.63, 3.8) is 0 Å². The van der Waals surface area contributed by atoms with Gasteiger partial charge in [-0.15, -0.1) is 0 Å². The first kappa shape index (κ1) is 47.2. The second-order valence-corrected chi connectivity index (χ2v) is 16.7. The Morgan fingerprint density at radius 2 is 1.15 bits per heavy atom. The van der Waals surface area contributed by atoms with Crippen LogP contribution in [-0.4, -0.2) is 78.8 Å². The number of alkyl carbamates (subject to hydrolysis) is 1. The normalized spacial score (nSPS) is 19.6. The Hall–Kier alpha value is -4.82. The van der Waals surface area contributed by atoms with Crippen LogP contribution < -0.4 is 5.32 Å². The summed E-state index contributed by atoms with van der Waals surface area (Å²) in [6.45, 7) is 6.85. The summed E-state index contributed by atoms with van der Waals surface area (Å²) < 4.78 is 43.8. The zero-order chi connectivity index (χ0) is 43.3. The molecule has 11 nitrogen and oxygen atoms in total. The number of benzene rings is 4. The fourth-order valence-electron chi connectivity index (χ4n) is 6.63. The maximum absolute atomic E-state index is 12.9. The molecule has 0 unspecified atom stereocenters. The van der Waals surface area contributed by atoms with Gasteiger partial charge in [0.15, 0.2) is 5.12 Å². The molecular formula is C49H59NO10S. The summed E-state index contributed by atoms with van der Waals surface area (Å²) in [4.78, 5) is 37.6. The fraction of sp³-hybridized carbons (Fsp3) is 0.408. The van der Waals surface area contributed by atoms with Crippen LogP contribution in [0.25, 0.3) is 0 Å². The first-order chi connectivity index (χ1) is 29.6. The average molecular weight is 854 g/mol. The summed E-state index contributed by atoms with van der Waals surface area (Å²) in [5, 5.41) is 2.37. The smallest absolute Gasteiger partial charge is 0.408 e. The van der Waals surface area contributed by atoms with E-state index >= 15 is 0 Å². The first-order valence-corrected chi connectivity index (χ1v) is 21.7. The van der Waals surface area contributed by atoms with Crippen molar-refractivity contribution in [2.45, 2.75) is 109 Å². The number of allylic oxidation sites excluding steroid dienone is 1. The molecule has 1 N–H and O–H groups in total. The number of methoxy groups -OCH3 is 1. The average Bonchev–Trinajstić information content (AvgIpc) is 3.26. The SMILES string of the molecule is COC(=O)[C@@H](CSC(=O)CC/C=C/C[C@H]1O[C@H](COCc2ccccc2)[C@@H](OCc2ccccc2)[C@H](OCc2ccccc2)[C@H]1OCc1ccccc1)NC(=O)OC(C)(C)C. The van der Waals surface area contributed by atoms with Crippen molar-refractivity contribution in [3.8, 4) is 0 Å². The summed E-state index contributed by atoms with van der Waals surface area (Å²) in [5.74, 6) is -0.652. The van der Waals surface area contributed by atoms with E-state index in [9.17, 15) is 14.4 Å². The Bertz CT molecular complexity index is 1910. The van der Waals surface area contributed by atoms with Gasteiger partial charge in [0, 0.05) is 12.2 Å². The van der Waals surface area contributed by atoms with Gasteiger partial charge in [0.05, 0.1) is 46.2 Å². The lowest BCUT2D eigenvalue weighted by atomic mass is 9.92. The minimum absolute atomic E-state index is 0.0103. The molecule has 1 fully saturated rings. The van der Waals surface area contributed by atoms with Gasteiger partial charge in [0.25, 0.3) is 0 Å². The highest BCUT2D eigenvalue weighted by atomic mass is 32.2. The van der Waals surface area contributed by atoms with Crippen LogP contribution in [0.15, 0.2) is 133 Å². The molecule has 1 aliphatic heterocycles. The number of amides is 1. The Kier molecular flexibility index (Phi) is 19.5. The number of esters is 1. The zero-order valence-electron chi connectivity index (χ0n) is 35.5. The van der Waals surface area contributed by atoms with Crippen LogP contribution in [0, 0.1) is 0 Å². The van der Waals surface area contributed by atoms with Gasteiger partial charge in [0.1, 0.15) is 36.1 Å². The Morgan fingerprint density at radius 1 is 0.672 bits per heavy atom. The van der Waals surface area contributed by atoms with Gasteiger partial charge in [-0.05, 0) is 55.9 Å². The summed E-state index contributed by atoms with van der Waals surface area (Å²) in [6, 6.07) is 39.0. The minimum Gasteiger partial charge on any atom is -0.467 e. The quantitative estimate of drug-likeness (QED) is 0.0602. The van der Waals surface area contributed by atoms with Gasteiger partial charge in [-0.2, -0.15) is 0 Å². The molecule has 6 atom stereocenters. The number of thioether (sulfide) groups is 1. The largest absolute Gasteiger partial charge is 0.467 e. The summed E-state index contributed by atoms with van der Waals surface area (Å²) in [6.07, 6.45) is 1.75. The highest BCUT2D eigenvalue weighted by molar-refractivity contribution is 8.13. The molecule has 61 heavy (non-hydrogen) atoms. The number of ether oxygens (including phenoxy) is 7. The predicted octanol–water partition coefficient (Wildman–Crippen LogP) is 8.78. The third-order valence-corrected chi connectivity index (χ3v) is 10.6. The van der Waals surface area contributed by atoms with Crippen LogP contribution in [-0.2, 0) is 69.2 Å². The van der Waals surface area contributed by atoms with Gasteiger partial charge < -0.3 is 38.5 Å². The molecule has 12 heteroatoms. The summed E-state index contributed by atoms with van der Waals surface area (Å²) in [5.41, 5.74) is 3.36. The molecule has 1 aliphatic rings. The first-order valence-electron chi connectivity index (χ1n) is 20.7. The number of nitrogens with one attached hydrogen (secondary N) is 1. The number of hydrogen-bond donors (Lipinski definition) is 1. The van der Waals surface area contributed by atoms with Crippen LogP contribution in [0.5, 0.6) is 0 Å². The molecule has 0 aromatic heterocycles. The molecule has 0 spiro atoms. The Balaban J connectivity index is 1.32. The molecule has 1 saturated heterocycles. The van der Waals surface area contributed by atoms with Gasteiger partial charge in [-0.3, -0.25) is 4.79 Å². The molecule has 4 aromatic carbocycles. The van der Waals surface area contributed by atoms with Crippen LogP contribution in [0.4, 0.5) is 4.79 Å². The number of rotatable bonds is 22. The lowest BCUT2D eigenvalue weighted by molar-refractivity contribution is -0.271. The van der Waals surface area contributed by atoms with Crippen molar-refractivity contribution in [1.29, 1.82) is 0 Å². The van der Waals surface area contributed by atoms with Crippen LogP contribution >= 0.6 is 11.8 Å². The lowest BCUT2D eigenvalue weighted by Crippen LogP contribution is -2.61. The standard InChI is InChI=1S/C49H59NO10S/c1-49(2,3)60-48(53)50-40(47(52)54-4)35-61-43(51)29-19-9-18-28-41-44(56-31-37-22-12-6-13-23-37)46(58-33-39-26-16-8-17-27-39)45(57-32-38-24-14-7-15-25-38)42(59-41)34-55-30-36-20-10-5-11-21-36/h5-18,20-27,40-42,44-46H,19,28-35H2,1-4H3,(H,50,53)/b18-9+/t40-,41-,42-,44+,45-,46-/m1/s1. The molecule has 4 aromatic rings. The molecule has 1 amide bonds. The minimum atomic E-state index is -1.04.